The number of piperidine rings is 2. The summed E-state index contributed by atoms with van der Waals surface area (Å²) in [4.78, 5) is 175. The Morgan fingerprint density at radius 1 is 0.444 bits per heavy atom. The fourth-order valence-electron chi connectivity index (χ4n) is 15.8. The molecule has 598 valence electrons. The number of carbonyl (C=O) groups is 12. The number of aliphatic hydroxyl groups excluding tert-OH is 4. The van der Waals surface area contributed by atoms with E-state index < -0.39 is 215 Å². The van der Waals surface area contributed by atoms with E-state index in [0.29, 0.717) is 22.5 Å². The number of hydrogen-bond acceptors (Lipinski definition) is 22. The lowest BCUT2D eigenvalue weighted by molar-refractivity contribution is -0.170. The number of fused-ring (bicyclic) bond motifs is 12. The van der Waals surface area contributed by atoms with Gasteiger partial charge in [-0.15, -0.1) is 0 Å². The molecule has 8 aliphatic rings. The van der Waals surface area contributed by atoms with Crippen LogP contribution in [0.4, 0.5) is 11.4 Å². The van der Waals surface area contributed by atoms with Crippen molar-refractivity contribution < 1.29 is 97.6 Å². The molecule has 8 heterocycles. The number of aliphatic hydroxyl groups is 6. The Labute approximate surface area is 630 Å². The normalized spacial score (nSPS) is 33.0. The number of nitrogens with zero attached hydrogens (tertiary/aromatic N) is 4. The Balaban J connectivity index is 0.000000270. The molecule has 10 amide bonds. The van der Waals surface area contributed by atoms with E-state index in [4.69, 9.17) is 9.47 Å². The van der Waals surface area contributed by atoms with Gasteiger partial charge in [0.1, 0.15) is 84.0 Å². The summed E-state index contributed by atoms with van der Waals surface area (Å²) in [6, 6.07) is -1.42. The molecule has 0 bridgehead atoms. The van der Waals surface area contributed by atoms with Gasteiger partial charge in [-0.3, -0.25) is 47.9 Å². The number of ether oxygens (including phenoxy) is 2. The second kappa shape index (κ2) is 34.1. The van der Waals surface area contributed by atoms with Crippen LogP contribution in [0.2, 0.25) is 0 Å². The van der Waals surface area contributed by atoms with Crippen LogP contribution in [0.25, 0.3) is 0 Å². The standard InChI is InChI=1S/C38H56N6O10.C37H54N6O10.CH4/c1-17(2)13-25-31(47)42-29(21(8)45)34(50)44-27(16-38(53)23-14-20(7)9-10-24(23)40-37(38)44)33(49)41-28(18(3)4)36(52)54-30(19(5)6)35(51)43-12-11-22(46)15-26(43)32(48)39-25;1-17(2)14-24-30(46)41-28(20(7)44)33(49)43-26(16-37(52)22-10-8-9-11-23(22)39-36(37)43)32(48)40-27(18(3)4)35(51)53-29(19(5)6)34(50)42-13-12-21(45)15-25(42)31(47)38-24;/h9-10,14,17-19,21-22,25-30,37,40,45-46,53H,11-13,15-16H2,1-8H3,(H,39,48)(H,41,49)(H,42,47);8-11,17-21,24-29,36,39,44-45,52H,12-16H2,1-7H3,(H,38,47)(H,40,48)(H,41,46);1H4/t21-,22-,25-,26+,27-,28+,29+,30-,37-,38+;20-,21-,24-,25+,26-,27+,28+,29-,36-,37+;/m00./s1. The summed E-state index contributed by atoms with van der Waals surface area (Å²) in [5.74, 6) is -12.1. The van der Waals surface area contributed by atoms with Gasteiger partial charge in [-0.1, -0.05) is 126 Å². The number of amides is 10. The SMILES string of the molecule is C.CC(C)C[C@@H]1NC(=O)[C@H]2C[C@@H](O)CCN2C(=O)[C@H](C(C)C)OC(=O)[C@@H](C(C)C)NC(=O)[C@@H]2C[C@@]3(O)c4ccccc4N[C@H]3N2C(=O)[C@@H]([C@H](C)O)NC1=O.Cc1ccc2c(c1)[C@]1(O)C[C@H]3C(=O)N[C@H](C(C)C)C(=O)O[C@@H](C(C)C)C(=O)N4CC[C@H](O)C[C@@H]4C(=O)N[C@@H](CC(C)C)C(=O)N[C@H]([C@H](C)O)C(=O)N3[C@@H]1N2. The van der Waals surface area contributed by atoms with Gasteiger partial charge < -0.3 is 102 Å². The maximum Gasteiger partial charge on any atom is 0.329 e. The van der Waals surface area contributed by atoms with Gasteiger partial charge in [0.05, 0.1) is 24.4 Å². The first-order valence-corrected chi connectivity index (χ1v) is 37.5. The molecule has 2 aromatic rings. The zero-order valence-electron chi connectivity index (χ0n) is 63.7. The van der Waals surface area contributed by atoms with E-state index in [2.05, 4.69) is 42.5 Å². The fourth-order valence-corrected chi connectivity index (χ4v) is 15.8. The Morgan fingerprint density at radius 3 is 1.18 bits per heavy atom. The van der Waals surface area contributed by atoms with Crippen molar-refractivity contribution in [3.63, 3.8) is 0 Å². The van der Waals surface area contributed by atoms with Crippen LogP contribution in [0.1, 0.15) is 172 Å². The molecule has 0 spiro atoms. The van der Waals surface area contributed by atoms with Crippen LogP contribution >= 0.6 is 0 Å². The highest BCUT2D eigenvalue weighted by atomic mass is 16.6. The van der Waals surface area contributed by atoms with Crippen LogP contribution in [-0.2, 0) is 78.2 Å². The van der Waals surface area contributed by atoms with Crippen molar-refractivity contribution in [3.05, 3.63) is 59.2 Å². The van der Waals surface area contributed by atoms with Gasteiger partial charge >= 0.3 is 11.9 Å². The van der Waals surface area contributed by atoms with E-state index in [0.717, 1.165) is 15.4 Å². The average Bonchev–Trinajstić information content (AvgIpc) is 1.56. The first kappa shape index (κ1) is 85.1. The van der Waals surface area contributed by atoms with Crippen LogP contribution in [0, 0.1) is 42.4 Å². The molecule has 6 fully saturated rings. The lowest BCUT2D eigenvalue weighted by Crippen LogP contribution is -2.64. The Kier molecular flexibility index (Phi) is 26.9. The molecule has 32 heteroatoms. The molecule has 32 nitrogen and oxygen atoms in total. The van der Waals surface area contributed by atoms with Crippen LogP contribution in [0.3, 0.4) is 0 Å². The highest BCUT2D eigenvalue weighted by Gasteiger charge is 2.64. The number of nitrogens with one attached hydrogen (secondary N) is 8. The fraction of sp³-hybridized carbons (Fsp3) is 0.684. The molecule has 6 saturated heterocycles. The summed E-state index contributed by atoms with van der Waals surface area (Å²) in [5, 5.41) is 89.9. The molecule has 8 aliphatic heterocycles. The maximum absolute atomic E-state index is 14.7. The Bertz CT molecular complexity index is 3720. The number of hydrogen-bond donors (Lipinski definition) is 14. The third-order valence-electron chi connectivity index (χ3n) is 21.6. The summed E-state index contributed by atoms with van der Waals surface area (Å²) < 4.78 is 11.7. The van der Waals surface area contributed by atoms with Gasteiger partial charge in [0.25, 0.3) is 11.8 Å². The molecule has 2 aromatic carbocycles. The Hall–Kier alpha value is -8.56. The summed E-state index contributed by atoms with van der Waals surface area (Å²) in [7, 11) is 0. The molecule has 0 aliphatic carbocycles. The summed E-state index contributed by atoms with van der Waals surface area (Å²) in [6.07, 6.45) is -10.3. The number of anilines is 2. The highest BCUT2D eigenvalue weighted by molar-refractivity contribution is 6.01. The predicted molar refractivity (Wildman–Crippen MR) is 392 cm³/mol. The number of para-hydroxylation sites is 1. The van der Waals surface area contributed by atoms with Crippen LogP contribution in [0.5, 0.6) is 0 Å². The van der Waals surface area contributed by atoms with E-state index in [9.17, 15) is 88.2 Å². The molecule has 20 atom stereocenters. The molecule has 0 unspecified atom stereocenters. The van der Waals surface area contributed by atoms with Crippen molar-refractivity contribution in [2.45, 2.75) is 283 Å². The van der Waals surface area contributed by atoms with Gasteiger partial charge in [0, 0.05) is 61.3 Å². The molecular formula is C76H114N12O20. The smallest absolute Gasteiger partial charge is 0.329 e. The minimum Gasteiger partial charge on any atom is -0.450 e. The Morgan fingerprint density at radius 2 is 0.806 bits per heavy atom. The summed E-state index contributed by atoms with van der Waals surface area (Å²) in [6.45, 7) is 25.1. The van der Waals surface area contributed by atoms with Crippen LogP contribution in [0.15, 0.2) is 42.5 Å². The number of carbonyl (C=O) groups excluding carboxylic acids is 12. The third-order valence-corrected chi connectivity index (χ3v) is 21.6. The monoisotopic (exact) mass is 1510 g/mol. The lowest BCUT2D eigenvalue weighted by Gasteiger charge is -2.40. The summed E-state index contributed by atoms with van der Waals surface area (Å²) in [5.41, 5.74) is -0.776. The van der Waals surface area contributed by atoms with E-state index in [-0.39, 0.29) is 83.7 Å². The first-order valence-electron chi connectivity index (χ1n) is 37.5. The minimum absolute atomic E-state index is 0. The van der Waals surface area contributed by atoms with Crippen molar-refractivity contribution in [1.29, 1.82) is 0 Å². The maximum atomic E-state index is 14.7. The zero-order valence-corrected chi connectivity index (χ0v) is 63.7. The molecule has 10 rings (SSSR count). The number of rotatable bonds is 10. The molecule has 0 radical (unpaired) electrons. The predicted octanol–water partition coefficient (Wildman–Crippen LogP) is 0.339. The third kappa shape index (κ3) is 17.5. The average molecular weight is 1520 g/mol. The largest absolute Gasteiger partial charge is 0.450 e. The van der Waals surface area contributed by atoms with E-state index in [1.807, 2.05) is 40.7 Å². The van der Waals surface area contributed by atoms with Gasteiger partial charge in [0.15, 0.2) is 12.2 Å². The number of esters is 2. The van der Waals surface area contributed by atoms with Gasteiger partial charge in [-0.05, 0) is 94.1 Å². The van der Waals surface area contributed by atoms with E-state index in [1.54, 1.807) is 91.8 Å². The zero-order chi connectivity index (χ0) is 79.1. The van der Waals surface area contributed by atoms with Gasteiger partial charge in [-0.25, -0.2) is 9.59 Å². The highest BCUT2D eigenvalue weighted by Crippen LogP contribution is 2.51. The lowest BCUT2D eigenvalue weighted by atomic mass is 9.90. The molecular weight excluding hydrogens is 1400 g/mol. The van der Waals surface area contributed by atoms with Crippen LogP contribution < -0.4 is 42.5 Å². The summed E-state index contributed by atoms with van der Waals surface area (Å²) >= 11 is 0. The topological polar surface area (TPSA) is 454 Å². The minimum atomic E-state index is -1.78. The number of aryl methyl sites for hydroxylation is 1. The first-order chi connectivity index (χ1) is 50.1. The van der Waals surface area contributed by atoms with Gasteiger partial charge in [0.2, 0.25) is 47.3 Å². The molecule has 0 saturated carbocycles. The van der Waals surface area contributed by atoms with Crippen LogP contribution in [-0.4, -0.2) is 244 Å². The quantitative estimate of drug-likeness (QED) is 0.143. The van der Waals surface area contributed by atoms with Crippen molar-refractivity contribution >= 4 is 82.4 Å². The van der Waals surface area contributed by atoms with Crippen molar-refractivity contribution in [3.8, 4) is 0 Å². The molecule has 108 heavy (non-hydrogen) atoms. The van der Waals surface area contributed by atoms with Gasteiger partial charge in [-0.2, -0.15) is 0 Å². The van der Waals surface area contributed by atoms with E-state index in [1.165, 1.54) is 23.6 Å². The second-order valence-electron chi connectivity index (χ2n) is 32.4. The number of cyclic esters (lactones) is 2. The van der Waals surface area contributed by atoms with E-state index >= 15 is 0 Å². The molecule has 0 aromatic heterocycles. The van der Waals surface area contributed by atoms with Crippen molar-refractivity contribution in [2.24, 2.45) is 35.5 Å². The van der Waals surface area contributed by atoms with Crippen molar-refractivity contribution in [1.82, 2.24) is 51.5 Å². The molecule has 14 N–H and O–H groups in total. The second-order valence-corrected chi connectivity index (χ2v) is 32.4. The number of benzene rings is 2. The van der Waals surface area contributed by atoms with Crippen molar-refractivity contribution in [2.75, 3.05) is 23.7 Å².